The Morgan fingerprint density at radius 3 is 2.37 bits per heavy atom. The number of nitrogens with two attached hydrogens (primary N) is 1. The van der Waals surface area contributed by atoms with Crippen LogP contribution >= 0.6 is 0 Å². The number of amides is 1. The van der Waals surface area contributed by atoms with Gasteiger partial charge in [-0.3, -0.25) is 4.79 Å². The van der Waals surface area contributed by atoms with E-state index in [-0.39, 0.29) is 24.5 Å². The predicted octanol–water partition coefficient (Wildman–Crippen LogP) is 2.49. The normalized spacial score (nSPS) is 19.4. The van der Waals surface area contributed by atoms with Crippen LogP contribution in [0.5, 0.6) is 0 Å². The summed E-state index contributed by atoms with van der Waals surface area (Å²) in [5, 5.41) is 0. The summed E-state index contributed by atoms with van der Waals surface area (Å²) in [6, 6.07) is 0. The number of hydrogen-bond acceptors (Lipinski definition) is 3. The van der Waals surface area contributed by atoms with Crippen LogP contribution in [0.4, 0.5) is 8.78 Å². The van der Waals surface area contributed by atoms with Crippen molar-refractivity contribution in [3.05, 3.63) is 22.8 Å². The quantitative estimate of drug-likeness (QED) is 0.896. The fraction of sp³-hybridized carbons (Fsp3) is 0.615. The van der Waals surface area contributed by atoms with E-state index in [0.717, 1.165) is 0 Å². The number of hydrogen-bond donors (Lipinski definition) is 1. The average Bonchev–Trinajstić information content (AvgIpc) is 2.29. The number of alkyl halides is 2. The molecule has 1 fully saturated rings. The van der Waals surface area contributed by atoms with Gasteiger partial charge >= 0.3 is 0 Å². The van der Waals surface area contributed by atoms with Crippen molar-refractivity contribution >= 4 is 5.91 Å². The molecule has 0 unspecified atom stereocenters. The molecule has 6 heteroatoms. The van der Waals surface area contributed by atoms with Gasteiger partial charge < -0.3 is 5.73 Å². The topological polar surface area (TPSA) is 68.9 Å². The Balaban J connectivity index is 2.37. The zero-order valence-corrected chi connectivity index (χ0v) is 11.0. The lowest BCUT2D eigenvalue weighted by molar-refractivity contribution is -0.0383. The minimum Gasteiger partial charge on any atom is -0.364 e. The maximum absolute atomic E-state index is 13.2. The van der Waals surface area contributed by atoms with Crippen molar-refractivity contribution in [1.29, 1.82) is 0 Å². The van der Waals surface area contributed by atoms with E-state index in [0.29, 0.717) is 29.9 Å². The van der Waals surface area contributed by atoms with E-state index in [4.69, 9.17) is 5.73 Å². The molecule has 0 saturated heterocycles. The highest BCUT2D eigenvalue weighted by Gasteiger charge is 2.37. The standard InChI is InChI=1S/C13H17F2N3O/c1-7-10(9-3-5-13(14,15)6-4-9)11(12(16)19)18-8(2)17-7/h9H,3-6H2,1-2H3,(H2,16,19). The van der Waals surface area contributed by atoms with Crippen LogP contribution < -0.4 is 5.73 Å². The van der Waals surface area contributed by atoms with Crippen LogP contribution in [0.3, 0.4) is 0 Å². The molecule has 1 aromatic rings. The van der Waals surface area contributed by atoms with Gasteiger partial charge in [0.25, 0.3) is 5.91 Å². The van der Waals surface area contributed by atoms with Crippen LogP contribution in [0.25, 0.3) is 0 Å². The van der Waals surface area contributed by atoms with E-state index in [1.54, 1.807) is 13.8 Å². The third-order valence-electron chi connectivity index (χ3n) is 3.61. The Hall–Kier alpha value is -1.59. The smallest absolute Gasteiger partial charge is 0.267 e. The number of halogens is 2. The van der Waals surface area contributed by atoms with Crippen molar-refractivity contribution < 1.29 is 13.6 Å². The number of nitrogens with zero attached hydrogens (tertiary/aromatic N) is 2. The predicted molar refractivity (Wildman–Crippen MR) is 66.2 cm³/mol. The summed E-state index contributed by atoms with van der Waals surface area (Å²) in [6.07, 6.45) is 0.341. The van der Waals surface area contributed by atoms with E-state index in [2.05, 4.69) is 9.97 Å². The third kappa shape index (κ3) is 2.88. The van der Waals surface area contributed by atoms with Crippen LogP contribution in [0.15, 0.2) is 0 Å². The van der Waals surface area contributed by atoms with Crippen molar-refractivity contribution in [2.45, 2.75) is 51.4 Å². The minimum absolute atomic E-state index is 0.109. The highest BCUT2D eigenvalue weighted by Crippen LogP contribution is 2.42. The molecule has 1 amide bonds. The van der Waals surface area contributed by atoms with Crippen molar-refractivity contribution in [1.82, 2.24) is 9.97 Å². The Bertz CT molecular complexity index is 507. The van der Waals surface area contributed by atoms with Gasteiger partial charge in [-0.2, -0.15) is 0 Å². The number of carbonyl (C=O) groups excluding carboxylic acids is 1. The van der Waals surface area contributed by atoms with Crippen LogP contribution in [0, 0.1) is 13.8 Å². The molecule has 0 atom stereocenters. The van der Waals surface area contributed by atoms with Crippen LogP contribution in [-0.2, 0) is 0 Å². The van der Waals surface area contributed by atoms with Gasteiger partial charge in [-0.05, 0) is 32.6 Å². The number of carbonyl (C=O) groups is 1. The summed E-state index contributed by atoms with van der Waals surface area (Å²) in [4.78, 5) is 19.8. The molecule has 0 spiro atoms. The molecule has 1 aliphatic carbocycles. The summed E-state index contributed by atoms with van der Waals surface area (Å²) >= 11 is 0. The first-order valence-corrected chi connectivity index (χ1v) is 6.33. The molecular weight excluding hydrogens is 252 g/mol. The molecular formula is C13H17F2N3O. The van der Waals surface area contributed by atoms with Gasteiger partial charge in [0.1, 0.15) is 11.5 Å². The molecule has 0 bridgehead atoms. The molecule has 1 heterocycles. The van der Waals surface area contributed by atoms with E-state index < -0.39 is 11.8 Å². The lowest BCUT2D eigenvalue weighted by Crippen LogP contribution is -2.27. The molecule has 0 aliphatic heterocycles. The van der Waals surface area contributed by atoms with Gasteiger partial charge in [-0.15, -0.1) is 0 Å². The SMILES string of the molecule is Cc1nc(C)c(C2CCC(F)(F)CC2)c(C(N)=O)n1. The monoisotopic (exact) mass is 269 g/mol. The fourth-order valence-corrected chi connectivity index (χ4v) is 2.73. The summed E-state index contributed by atoms with van der Waals surface area (Å²) in [7, 11) is 0. The van der Waals surface area contributed by atoms with Gasteiger partial charge in [0.05, 0.1) is 0 Å². The maximum Gasteiger partial charge on any atom is 0.267 e. The fourth-order valence-electron chi connectivity index (χ4n) is 2.73. The molecule has 1 aromatic heterocycles. The van der Waals surface area contributed by atoms with E-state index in [1.807, 2.05) is 0 Å². The summed E-state index contributed by atoms with van der Waals surface area (Å²) in [5.41, 5.74) is 6.83. The largest absolute Gasteiger partial charge is 0.364 e. The van der Waals surface area contributed by atoms with E-state index in [1.165, 1.54) is 0 Å². The first-order valence-electron chi connectivity index (χ1n) is 6.33. The van der Waals surface area contributed by atoms with Gasteiger partial charge in [-0.1, -0.05) is 0 Å². The lowest BCUT2D eigenvalue weighted by Gasteiger charge is -2.29. The van der Waals surface area contributed by atoms with Gasteiger partial charge in [0.2, 0.25) is 5.92 Å². The van der Waals surface area contributed by atoms with Crippen LogP contribution in [-0.4, -0.2) is 21.8 Å². The molecule has 4 nitrogen and oxygen atoms in total. The van der Waals surface area contributed by atoms with Crippen LogP contribution in [0.2, 0.25) is 0 Å². The minimum atomic E-state index is -2.59. The van der Waals surface area contributed by atoms with E-state index in [9.17, 15) is 13.6 Å². The van der Waals surface area contributed by atoms with Crippen molar-refractivity contribution in [3.8, 4) is 0 Å². The first-order chi connectivity index (χ1) is 8.80. The third-order valence-corrected chi connectivity index (χ3v) is 3.61. The molecule has 1 aliphatic rings. The average molecular weight is 269 g/mol. The maximum atomic E-state index is 13.2. The molecule has 0 radical (unpaired) electrons. The molecule has 2 N–H and O–H groups in total. The number of aryl methyl sites for hydroxylation is 2. The first kappa shape index (κ1) is 13.8. The number of aromatic nitrogens is 2. The Morgan fingerprint density at radius 1 is 1.26 bits per heavy atom. The summed E-state index contributed by atoms with van der Waals surface area (Å²) in [6.45, 7) is 3.45. The van der Waals surface area contributed by atoms with E-state index >= 15 is 0 Å². The van der Waals surface area contributed by atoms with Gasteiger partial charge in [0.15, 0.2) is 0 Å². The molecule has 1 saturated carbocycles. The zero-order valence-electron chi connectivity index (χ0n) is 11.0. The van der Waals surface area contributed by atoms with Crippen LogP contribution in [0.1, 0.15) is 59.2 Å². The molecule has 0 aromatic carbocycles. The number of rotatable bonds is 2. The molecule has 104 valence electrons. The van der Waals surface area contributed by atoms with Crippen molar-refractivity contribution in [2.24, 2.45) is 5.73 Å². The lowest BCUT2D eigenvalue weighted by atomic mass is 9.81. The highest BCUT2D eigenvalue weighted by molar-refractivity contribution is 5.92. The number of primary amides is 1. The summed E-state index contributed by atoms with van der Waals surface area (Å²) in [5.74, 6) is -2.86. The highest BCUT2D eigenvalue weighted by atomic mass is 19.3. The van der Waals surface area contributed by atoms with Gasteiger partial charge in [-0.25, -0.2) is 18.7 Å². The molecule has 2 rings (SSSR count). The zero-order chi connectivity index (χ0) is 14.2. The second-order valence-corrected chi connectivity index (χ2v) is 5.11. The Kier molecular flexibility index (Phi) is 3.52. The second kappa shape index (κ2) is 4.83. The van der Waals surface area contributed by atoms with Gasteiger partial charge in [0, 0.05) is 24.1 Å². The molecule has 19 heavy (non-hydrogen) atoms. The van der Waals surface area contributed by atoms with Crippen molar-refractivity contribution in [2.75, 3.05) is 0 Å². The summed E-state index contributed by atoms with van der Waals surface area (Å²) < 4.78 is 26.4. The second-order valence-electron chi connectivity index (χ2n) is 5.11. The van der Waals surface area contributed by atoms with Crippen molar-refractivity contribution in [3.63, 3.8) is 0 Å². The Morgan fingerprint density at radius 2 is 1.84 bits per heavy atom. The Labute approximate surface area is 110 Å².